The van der Waals surface area contributed by atoms with Gasteiger partial charge in [0, 0.05) is 17.6 Å². The van der Waals surface area contributed by atoms with Gasteiger partial charge in [0.2, 0.25) is 0 Å². The molecule has 0 aromatic heterocycles. The lowest BCUT2D eigenvalue weighted by molar-refractivity contribution is 0.250. The zero-order valence-corrected chi connectivity index (χ0v) is 20.6. The van der Waals surface area contributed by atoms with Crippen molar-refractivity contribution < 1.29 is 8.85 Å². The van der Waals surface area contributed by atoms with E-state index in [1.807, 2.05) is 13.0 Å². The van der Waals surface area contributed by atoms with Gasteiger partial charge in [0.05, 0.1) is 12.9 Å². The summed E-state index contributed by atoms with van der Waals surface area (Å²) in [7, 11) is -3.16. The first kappa shape index (κ1) is 22.1. The molecule has 0 fully saturated rings. The molecule has 0 aliphatic carbocycles. The van der Waals surface area contributed by atoms with E-state index in [0.29, 0.717) is 0 Å². The molecule has 0 saturated heterocycles. The Morgan fingerprint density at radius 2 is 1.86 bits per heavy atom. The summed E-state index contributed by atoms with van der Waals surface area (Å²) in [5, 5.41) is 0. The predicted molar refractivity (Wildman–Crippen MR) is 112 cm³/mol. The van der Waals surface area contributed by atoms with E-state index in [4.69, 9.17) is 8.85 Å². The van der Waals surface area contributed by atoms with E-state index in [1.54, 1.807) is 11.9 Å². The van der Waals surface area contributed by atoms with Gasteiger partial charge in [-0.1, -0.05) is 37.0 Å². The minimum Gasteiger partial charge on any atom is -0.501 e. The zero-order valence-electron chi connectivity index (χ0n) is 16.0. The third kappa shape index (κ3) is 15.0. The summed E-state index contributed by atoms with van der Waals surface area (Å²) in [6.45, 7) is 21.2. The van der Waals surface area contributed by atoms with Crippen LogP contribution in [0.2, 0.25) is 56.7 Å². The maximum absolute atomic E-state index is 6.36. The summed E-state index contributed by atoms with van der Waals surface area (Å²) < 4.78 is 11.8. The zero-order chi connectivity index (χ0) is 17.2. The lowest BCUT2D eigenvalue weighted by atomic mass is 10.3. The molecule has 1 unspecified atom stereocenters. The lowest BCUT2D eigenvalue weighted by Crippen LogP contribution is -2.40. The summed E-state index contributed by atoms with van der Waals surface area (Å²) in [6, 6.07) is 1.42. The number of hydrogen-bond acceptors (Lipinski definition) is 2. The van der Waals surface area contributed by atoms with Crippen molar-refractivity contribution in [1.29, 1.82) is 0 Å². The van der Waals surface area contributed by atoms with Crippen LogP contribution in [0.4, 0.5) is 0 Å². The van der Waals surface area contributed by atoms with Gasteiger partial charge in [0.25, 0.3) is 0 Å². The van der Waals surface area contributed by atoms with Gasteiger partial charge in [0.1, 0.15) is 0 Å². The lowest BCUT2D eigenvalue weighted by Gasteiger charge is -2.29. The molecule has 0 aliphatic rings. The molecule has 1 atom stereocenters. The number of rotatable bonds is 12. The Hall–Kier alpha value is 0.108. The highest BCUT2D eigenvalue weighted by Crippen LogP contribution is 2.19. The van der Waals surface area contributed by atoms with Crippen LogP contribution in [0, 0.1) is 0 Å². The highest BCUT2D eigenvalue weighted by atomic mass is 28.4. The van der Waals surface area contributed by atoms with Crippen molar-refractivity contribution in [1.82, 2.24) is 0 Å². The van der Waals surface area contributed by atoms with Crippen molar-refractivity contribution in [3.8, 4) is 0 Å². The van der Waals surface area contributed by atoms with E-state index in [1.165, 1.54) is 18.1 Å². The summed E-state index contributed by atoms with van der Waals surface area (Å²) in [5.41, 5.74) is 4.07. The molecule has 2 nitrogen and oxygen atoms in total. The van der Waals surface area contributed by atoms with Crippen LogP contribution >= 0.6 is 0 Å². The molecule has 0 bridgehead atoms. The van der Waals surface area contributed by atoms with E-state index in [2.05, 4.69) is 45.9 Å². The minimum atomic E-state index is -1.32. The average Bonchev–Trinajstić information content (AvgIpc) is 2.28. The maximum atomic E-state index is 6.36. The summed E-state index contributed by atoms with van der Waals surface area (Å²) in [6.07, 6.45) is 4.93. The quantitative estimate of drug-likeness (QED) is 0.217. The first-order valence-electron chi connectivity index (χ1n) is 8.63. The summed E-state index contributed by atoms with van der Waals surface area (Å²) in [5.74, 6) is 0. The van der Waals surface area contributed by atoms with Crippen molar-refractivity contribution >= 4 is 35.0 Å². The molecular formula is C16H38O2Si4. The minimum absolute atomic E-state index is 0.0905. The summed E-state index contributed by atoms with van der Waals surface area (Å²) in [4.78, 5) is 0. The fraction of sp³-hybridized carbons (Fsp3) is 0.750. The van der Waals surface area contributed by atoms with Crippen molar-refractivity contribution in [2.45, 2.75) is 70.0 Å². The van der Waals surface area contributed by atoms with Crippen LogP contribution in [0.1, 0.15) is 13.3 Å². The second-order valence-corrected chi connectivity index (χ2v) is 24.4. The topological polar surface area (TPSA) is 18.5 Å². The highest BCUT2D eigenvalue weighted by molar-refractivity contribution is 6.92. The molecule has 0 amide bonds. The van der Waals surface area contributed by atoms with Crippen LogP contribution in [0.15, 0.2) is 24.5 Å². The maximum Gasteiger partial charge on any atom is 0.170 e. The highest BCUT2D eigenvalue weighted by Gasteiger charge is 2.27. The second kappa shape index (κ2) is 10.8. The van der Waals surface area contributed by atoms with Crippen molar-refractivity contribution in [3.63, 3.8) is 0 Å². The van der Waals surface area contributed by atoms with Crippen molar-refractivity contribution in [3.05, 3.63) is 24.5 Å². The normalized spacial score (nSPS) is 14.9. The van der Waals surface area contributed by atoms with Crippen LogP contribution < -0.4 is 0 Å². The van der Waals surface area contributed by atoms with E-state index in [9.17, 15) is 0 Å². The standard InChI is InChI=1S/C16H38O2Si4/c1-16(2)10-12-17-11-9-13-19-14-22(7,8)15-20(3)18-21(4,5)6/h10,12,20H,1,9,11,13-15,19H2,2-8H3. The number of allylic oxidation sites excluding steroid dienone is 2. The van der Waals surface area contributed by atoms with Gasteiger partial charge < -0.3 is 8.85 Å². The van der Waals surface area contributed by atoms with Gasteiger partial charge in [-0.3, -0.25) is 0 Å². The summed E-state index contributed by atoms with van der Waals surface area (Å²) >= 11 is 0. The molecule has 0 heterocycles. The number of hydrogen-bond donors (Lipinski definition) is 0. The molecule has 0 aromatic rings. The molecule has 0 saturated carbocycles. The van der Waals surface area contributed by atoms with E-state index in [0.717, 1.165) is 12.2 Å². The van der Waals surface area contributed by atoms with Gasteiger partial charge in [-0.05, 0) is 51.3 Å². The Morgan fingerprint density at radius 1 is 1.23 bits per heavy atom. The molecule has 0 rings (SSSR count). The molecule has 0 radical (unpaired) electrons. The average molecular weight is 375 g/mol. The van der Waals surface area contributed by atoms with Crippen LogP contribution in [-0.4, -0.2) is 41.6 Å². The molecule has 0 N–H and O–H groups in total. The monoisotopic (exact) mass is 374 g/mol. The molecule has 0 aliphatic heterocycles. The second-order valence-electron chi connectivity index (χ2n) is 8.24. The SMILES string of the molecule is C=C(C)C=COCCC[SiH2]C[Si](C)(C)C[SiH](C)O[Si](C)(C)C. The molecule has 0 spiro atoms. The first-order valence-corrected chi connectivity index (χ1v) is 19.9. The Bertz CT molecular complexity index is 349. The van der Waals surface area contributed by atoms with Gasteiger partial charge in [0.15, 0.2) is 17.4 Å². The molecule has 0 aromatic carbocycles. The Kier molecular flexibility index (Phi) is 10.9. The van der Waals surface area contributed by atoms with Crippen molar-refractivity contribution in [2.24, 2.45) is 0 Å². The molecular weight excluding hydrogens is 337 g/mol. The molecule has 6 heteroatoms. The van der Waals surface area contributed by atoms with Gasteiger partial charge in [-0.15, -0.1) is 0 Å². The fourth-order valence-corrected chi connectivity index (χ4v) is 22.9. The first-order chi connectivity index (χ1) is 10.0. The van der Waals surface area contributed by atoms with Crippen LogP contribution in [0.3, 0.4) is 0 Å². The number of ether oxygens (including phenoxy) is 1. The molecule has 22 heavy (non-hydrogen) atoms. The van der Waals surface area contributed by atoms with Crippen LogP contribution in [-0.2, 0) is 8.85 Å². The Morgan fingerprint density at radius 3 is 2.41 bits per heavy atom. The smallest absolute Gasteiger partial charge is 0.170 e. The Balaban J connectivity index is 3.78. The predicted octanol–water partition coefficient (Wildman–Crippen LogP) is 4.48. The van der Waals surface area contributed by atoms with Gasteiger partial charge in [-0.2, -0.15) is 0 Å². The van der Waals surface area contributed by atoms with Crippen molar-refractivity contribution in [2.75, 3.05) is 6.61 Å². The third-order valence-corrected chi connectivity index (χ3v) is 22.4. The largest absolute Gasteiger partial charge is 0.501 e. The Labute approximate surface area is 145 Å². The van der Waals surface area contributed by atoms with Crippen LogP contribution in [0.25, 0.3) is 0 Å². The van der Waals surface area contributed by atoms with E-state index < -0.39 is 25.4 Å². The fourth-order valence-electron chi connectivity index (χ4n) is 2.72. The third-order valence-electron chi connectivity index (χ3n) is 3.46. The van der Waals surface area contributed by atoms with E-state index >= 15 is 0 Å². The van der Waals surface area contributed by atoms with Gasteiger partial charge >= 0.3 is 0 Å². The van der Waals surface area contributed by atoms with Gasteiger partial charge in [-0.25, -0.2) is 0 Å². The molecule has 130 valence electrons. The van der Waals surface area contributed by atoms with Crippen LogP contribution in [0.5, 0.6) is 0 Å². The van der Waals surface area contributed by atoms with E-state index in [-0.39, 0.29) is 9.52 Å².